The highest BCUT2D eigenvalue weighted by atomic mass is 15.0. The molecule has 0 bridgehead atoms. The number of aromatic nitrogens is 2. The Morgan fingerprint density at radius 3 is 2.72 bits per heavy atom. The van der Waals surface area contributed by atoms with Crippen LogP contribution in [0.4, 0.5) is 5.82 Å². The summed E-state index contributed by atoms with van der Waals surface area (Å²) in [7, 11) is 0. The lowest BCUT2D eigenvalue weighted by molar-refractivity contribution is 1.00. The van der Waals surface area contributed by atoms with Crippen LogP contribution in [0, 0.1) is 25.2 Å². The minimum absolute atomic E-state index is 0.456. The maximum absolute atomic E-state index is 8.91. The second kappa shape index (κ2) is 5.28. The van der Waals surface area contributed by atoms with E-state index in [2.05, 4.69) is 21.4 Å². The van der Waals surface area contributed by atoms with Gasteiger partial charge in [-0.2, -0.15) is 5.26 Å². The SMILES string of the molecule is Cc1cccc(CNc2ccc(C)c(C#N)n2)n1. The van der Waals surface area contributed by atoms with Crippen molar-refractivity contribution in [3.05, 3.63) is 53.0 Å². The average Bonchev–Trinajstić information content (AvgIpc) is 2.38. The van der Waals surface area contributed by atoms with Crippen LogP contribution in [0.2, 0.25) is 0 Å². The largest absolute Gasteiger partial charge is 0.364 e. The van der Waals surface area contributed by atoms with E-state index in [-0.39, 0.29) is 0 Å². The van der Waals surface area contributed by atoms with Gasteiger partial charge in [0, 0.05) is 5.69 Å². The maximum atomic E-state index is 8.91. The number of aryl methyl sites for hydroxylation is 2. The molecule has 0 fully saturated rings. The first kappa shape index (κ1) is 12.1. The fourth-order valence-electron chi connectivity index (χ4n) is 1.62. The highest BCUT2D eigenvalue weighted by molar-refractivity contribution is 5.42. The van der Waals surface area contributed by atoms with E-state index < -0.39 is 0 Å². The zero-order valence-corrected chi connectivity index (χ0v) is 10.4. The zero-order valence-electron chi connectivity index (χ0n) is 10.4. The fourth-order valence-corrected chi connectivity index (χ4v) is 1.62. The number of nitrogens with one attached hydrogen (secondary N) is 1. The van der Waals surface area contributed by atoms with E-state index in [1.54, 1.807) is 0 Å². The summed E-state index contributed by atoms with van der Waals surface area (Å²) in [4.78, 5) is 8.62. The molecule has 18 heavy (non-hydrogen) atoms. The number of hydrogen-bond donors (Lipinski definition) is 1. The molecule has 0 saturated heterocycles. The van der Waals surface area contributed by atoms with Crippen LogP contribution in [-0.2, 0) is 6.54 Å². The van der Waals surface area contributed by atoms with Crippen molar-refractivity contribution in [1.82, 2.24) is 9.97 Å². The molecular weight excluding hydrogens is 224 g/mol. The lowest BCUT2D eigenvalue weighted by atomic mass is 10.2. The molecule has 4 nitrogen and oxygen atoms in total. The molecule has 0 aliphatic rings. The summed E-state index contributed by atoms with van der Waals surface area (Å²) in [6, 6.07) is 11.7. The Morgan fingerprint density at radius 2 is 2.00 bits per heavy atom. The third-order valence-corrected chi connectivity index (χ3v) is 2.60. The summed E-state index contributed by atoms with van der Waals surface area (Å²) in [6.07, 6.45) is 0. The highest BCUT2D eigenvalue weighted by Gasteiger charge is 2.01. The van der Waals surface area contributed by atoms with Crippen molar-refractivity contribution in [2.75, 3.05) is 5.32 Å². The third kappa shape index (κ3) is 2.83. The minimum atomic E-state index is 0.456. The summed E-state index contributed by atoms with van der Waals surface area (Å²) < 4.78 is 0. The average molecular weight is 238 g/mol. The van der Waals surface area contributed by atoms with Crippen molar-refractivity contribution >= 4 is 5.82 Å². The molecule has 0 unspecified atom stereocenters. The van der Waals surface area contributed by atoms with Crippen molar-refractivity contribution in [2.24, 2.45) is 0 Å². The number of rotatable bonds is 3. The molecule has 2 heterocycles. The Kier molecular flexibility index (Phi) is 3.54. The molecule has 2 aromatic rings. The topological polar surface area (TPSA) is 61.6 Å². The smallest absolute Gasteiger partial charge is 0.145 e. The monoisotopic (exact) mass is 238 g/mol. The Balaban J connectivity index is 2.09. The molecule has 0 atom stereocenters. The van der Waals surface area contributed by atoms with Gasteiger partial charge in [0.2, 0.25) is 0 Å². The van der Waals surface area contributed by atoms with Crippen LogP contribution in [0.1, 0.15) is 22.6 Å². The molecule has 2 rings (SSSR count). The normalized spacial score (nSPS) is 9.83. The predicted octanol–water partition coefficient (Wildman–Crippen LogP) is 2.58. The second-order valence-corrected chi connectivity index (χ2v) is 4.10. The molecule has 2 aromatic heterocycles. The van der Waals surface area contributed by atoms with E-state index in [1.807, 2.05) is 44.2 Å². The summed E-state index contributed by atoms with van der Waals surface area (Å²) in [6.45, 7) is 4.43. The van der Waals surface area contributed by atoms with E-state index in [4.69, 9.17) is 5.26 Å². The minimum Gasteiger partial charge on any atom is -0.364 e. The van der Waals surface area contributed by atoms with Crippen molar-refractivity contribution in [3.63, 3.8) is 0 Å². The Hall–Kier alpha value is -2.41. The van der Waals surface area contributed by atoms with Gasteiger partial charge < -0.3 is 5.32 Å². The standard InChI is InChI=1S/C14H14N4/c1-10-6-7-14(18-13(10)8-15)16-9-12-5-3-4-11(2)17-12/h3-7H,9H2,1-2H3,(H,16,18). The quantitative estimate of drug-likeness (QED) is 0.892. The van der Waals surface area contributed by atoms with Crippen LogP contribution < -0.4 is 5.32 Å². The van der Waals surface area contributed by atoms with Crippen molar-refractivity contribution in [3.8, 4) is 6.07 Å². The molecule has 90 valence electrons. The molecule has 0 amide bonds. The van der Waals surface area contributed by atoms with Crippen LogP contribution in [-0.4, -0.2) is 9.97 Å². The highest BCUT2D eigenvalue weighted by Crippen LogP contribution is 2.10. The number of hydrogen-bond acceptors (Lipinski definition) is 4. The lowest BCUT2D eigenvalue weighted by Crippen LogP contribution is -2.04. The molecular formula is C14H14N4. The zero-order chi connectivity index (χ0) is 13.0. The van der Waals surface area contributed by atoms with Gasteiger partial charge in [-0.15, -0.1) is 0 Å². The van der Waals surface area contributed by atoms with E-state index in [0.29, 0.717) is 18.1 Å². The van der Waals surface area contributed by atoms with Gasteiger partial charge in [0.1, 0.15) is 17.6 Å². The van der Waals surface area contributed by atoms with Gasteiger partial charge in [-0.05, 0) is 37.6 Å². The molecule has 0 aliphatic carbocycles. The van der Waals surface area contributed by atoms with Gasteiger partial charge >= 0.3 is 0 Å². The Bertz CT molecular complexity index is 599. The third-order valence-electron chi connectivity index (χ3n) is 2.60. The fraction of sp³-hybridized carbons (Fsp3) is 0.214. The van der Waals surface area contributed by atoms with Crippen molar-refractivity contribution in [2.45, 2.75) is 20.4 Å². The summed E-state index contributed by atoms with van der Waals surface area (Å²) in [5, 5.41) is 12.1. The van der Waals surface area contributed by atoms with Gasteiger partial charge in [0.15, 0.2) is 0 Å². The number of nitrogens with zero attached hydrogens (tertiary/aromatic N) is 3. The van der Waals surface area contributed by atoms with E-state index in [9.17, 15) is 0 Å². The van der Waals surface area contributed by atoms with E-state index >= 15 is 0 Å². The molecule has 0 spiro atoms. The van der Waals surface area contributed by atoms with Crippen molar-refractivity contribution < 1.29 is 0 Å². The second-order valence-electron chi connectivity index (χ2n) is 4.10. The summed E-state index contributed by atoms with van der Waals surface area (Å²) >= 11 is 0. The van der Waals surface area contributed by atoms with Crippen LogP contribution in [0.15, 0.2) is 30.3 Å². The predicted molar refractivity (Wildman–Crippen MR) is 70.0 cm³/mol. The Morgan fingerprint density at radius 1 is 1.17 bits per heavy atom. The van der Waals surface area contributed by atoms with Crippen LogP contribution >= 0.6 is 0 Å². The van der Waals surface area contributed by atoms with Crippen LogP contribution in [0.5, 0.6) is 0 Å². The molecule has 0 saturated carbocycles. The number of nitriles is 1. The number of pyridine rings is 2. The van der Waals surface area contributed by atoms with Gasteiger partial charge in [-0.3, -0.25) is 4.98 Å². The molecule has 1 N–H and O–H groups in total. The van der Waals surface area contributed by atoms with Gasteiger partial charge in [0.25, 0.3) is 0 Å². The van der Waals surface area contributed by atoms with Gasteiger partial charge in [0.05, 0.1) is 12.2 Å². The maximum Gasteiger partial charge on any atom is 0.145 e. The molecule has 0 aromatic carbocycles. The first-order valence-electron chi connectivity index (χ1n) is 5.73. The number of anilines is 1. The Labute approximate surface area is 106 Å². The first-order valence-corrected chi connectivity index (χ1v) is 5.73. The molecule has 4 heteroatoms. The molecule has 0 radical (unpaired) electrons. The summed E-state index contributed by atoms with van der Waals surface area (Å²) in [5.41, 5.74) is 3.29. The van der Waals surface area contributed by atoms with Crippen LogP contribution in [0.25, 0.3) is 0 Å². The van der Waals surface area contributed by atoms with E-state index in [0.717, 1.165) is 17.0 Å². The summed E-state index contributed by atoms with van der Waals surface area (Å²) in [5.74, 6) is 0.695. The van der Waals surface area contributed by atoms with Gasteiger partial charge in [-0.1, -0.05) is 12.1 Å². The van der Waals surface area contributed by atoms with E-state index in [1.165, 1.54) is 0 Å². The van der Waals surface area contributed by atoms with Gasteiger partial charge in [-0.25, -0.2) is 4.98 Å². The van der Waals surface area contributed by atoms with Crippen molar-refractivity contribution in [1.29, 1.82) is 5.26 Å². The first-order chi connectivity index (χ1) is 8.69. The lowest BCUT2D eigenvalue weighted by Gasteiger charge is -2.06. The molecule has 0 aliphatic heterocycles. The van der Waals surface area contributed by atoms with Crippen LogP contribution in [0.3, 0.4) is 0 Å².